The molecule has 0 aliphatic carbocycles. The van der Waals surface area contributed by atoms with Crippen LogP contribution in [0.1, 0.15) is 19.8 Å². The maximum atomic E-state index is 12.2. The fourth-order valence-electron chi connectivity index (χ4n) is 2.39. The van der Waals surface area contributed by atoms with E-state index in [0.717, 1.165) is 30.9 Å². The van der Waals surface area contributed by atoms with Gasteiger partial charge in [0.25, 0.3) is 0 Å². The summed E-state index contributed by atoms with van der Waals surface area (Å²) in [7, 11) is 1.64. The fourth-order valence-corrected chi connectivity index (χ4v) is 2.39. The number of carbonyl (C=O) groups excluding carboxylic acids is 1. The van der Waals surface area contributed by atoms with Crippen molar-refractivity contribution >= 4 is 11.6 Å². The number of para-hydroxylation sites is 2. The molecule has 1 aromatic carbocycles. The van der Waals surface area contributed by atoms with Crippen LogP contribution in [0.2, 0.25) is 0 Å². The highest BCUT2D eigenvalue weighted by Crippen LogP contribution is 2.31. The largest absolute Gasteiger partial charge is 0.495 e. The molecule has 18 heavy (non-hydrogen) atoms. The van der Waals surface area contributed by atoms with Gasteiger partial charge in [-0.05, 0) is 25.1 Å². The van der Waals surface area contributed by atoms with Crippen molar-refractivity contribution in [3.8, 4) is 5.75 Å². The summed E-state index contributed by atoms with van der Waals surface area (Å²) < 4.78 is 5.37. The Bertz CT molecular complexity index is 414. The standard InChI is InChI=1S/C14H20N2O2/c1-3-14(17)16(11-8-9-15-10-11)12-6-4-5-7-13(12)18-2/h4-7,11,15H,3,8-10H2,1-2H3. The van der Waals surface area contributed by atoms with Gasteiger partial charge in [-0.1, -0.05) is 19.1 Å². The van der Waals surface area contributed by atoms with Crippen molar-refractivity contribution in [3.05, 3.63) is 24.3 Å². The van der Waals surface area contributed by atoms with E-state index in [2.05, 4.69) is 5.32 Å². The minimum atomic E-state index is 0.146. The molecule has 1 unspecified atom stereocenters. The third-order valence-electron chi connectivity index (χ3n) is 3.32. The van der Waals surface area contributed by atoms with Gasteiger partial charge in [-0.25, -0.2) is 0 Å². The second-order valence-corrected chi connectivity index (χ2v) is 4.44. The Morgan fingerprint density at radius 1 is 1.50 bits per heavy atom. The summed E-state index contributed by atoms with van der Waals surface area (Å²) in [6.07, 6.45) is 1.50. The zero-order valence-corrected chi connectivity index (χ0v) is 11.0. The average molecular weight is 248 g/mol. The first-order valence-corrected chi connectivity index (χ1v) is 6.43. The van der Waals surface area contributed by atoms with Crippen molar-refractivity contribution in [2.45, 2.75) is 25.8 Å². The predicted molar refractivity (Wildman–Crippen MR) is 72.0 cm³/mol. The number of amides is 1. The average Bonchev–Trinajstić information content (AvgIpc) is 2.93. The van der Waals surface area contributed by atoms with Crippen molar-refractivity contribution < 1.29 is 9.53 Å². The molecule has 1 heterocycles. The minimum Gasteiger partial charge on any atom is -0.495 e. The van der Waals surface area contributed by atoms with Gasteiger partial charge < -0.3 is 15.0 Å². The van der Waals surface area contributed by atoms with Crippen molar-refractivity contribution in [2.75, 3.05) is 25.1 Å². The van der Waals surface area contributed by atoms with Crippen LogP contribution < -0.4 is 15.0 Å². The zero-order chi connectivity index (χ0) is 13.0. The van der Waals surface area contributed by atoms with Crippen molar-refractivity contribution in [3.63, 3.8) is 0 Å². The van der Waals surface area contributed by atoms with Gasteiger partial charge in [-0.3, -0.25) is 4.79 Å². The Hall–Kier alpha value is -1.55. The first-order chi connectivity index (χ1) is 8.77. The van der Waals surface area contributed by atoms with E-state index in [1.807, 2.05) is 36.1 Å². The quantitative estimate of drug-likeness (QED) is 0.883. The van der Waals surface area contributed by atoms with Crippen LogP contribution in [0, 0.1) is 0 Å². The number of methoxy groups -OCH3 is 1. The number of anilines is 1. The molecule has 1 atom stereocenters. The lowest BCUT2D eigenvalue weighted by Gasteiger charge is -2.29. The van der Waals surface area contributed by atoms with E-state index in [1.54, 1.807) is 7.11 Å². The van der Waals surface area contributed by atoms with Gasteiger partial charge in [0.15, 0.2) is 0 Å². The molecular formula is C14H20N2O2. The molecular weight excluding hydrogens is 228 g/mol. The van der Waals surface area contributed by atoms with Gasteiger partial charge >= 0.3 is 0 Å². The number of ether oxygens (including phenoxy) is 1. The number of rotatable bonds is 4. The summed E-state index contributed by atoms with van der Waals surface area (Å²) in [6, 6.07) is 7.94. The fraction of sp³-hybridized carbons (Fsp3) is 0.500. The molecule has 1 aromatic rings. The Morgan fingerprint density at radius 2 is 2.28 bits per heavy atom. The Morgan fingerprint density at radius 3 is 2.89 bits per heavy atom. The van der Waals surface area contributed by atoms with E-state index >= 15 is 0 Å². The maximum Gasteiger partial charge on any atom is 0.227 e. The van der Waals surface area contributed by atoms with Crippen LogP contribution in [-0.2, 0) is 4.79 Å². The van der Waals surface area contributed by atoms with E-state index in [-0.39, 0.29) is 11.9 Å². The van der Waals surface area contributed by atoms with Gasteiger partial charge in [0.05, 0.1) is 18.8 Å². The third kappa shape index (κ3) is 2.48. The van der Waals surface area contributed by atoms with Crippen LogP contribution in [0.5, 0.6) is 5.75 Å². The lowest BCUT2D eigenvalue weighted by Crippen LogP contribution is -2.41. The molecule has 1 aliphatic heterocycles. The third-order valence-corrected chi connectivity index (χ3v) is 3.32. The minimum absolute atomic E-state index is 0.146. The predicted octanol–water partition coefficient (Wildman–Crippen LogP) is 1.80. The monoisotopic (exact) mass is 248 g/mol. The number of hydrogen-bond donors (Lipinski definition) is 1. The molecule has 4 nitrogen and oxygen atoms in total. The zero-order valence-electron chi connectivity index (χ0n) is 11.0. The SMILES string of the molecule is CCC(=O)N(c1ccccc1OC)C1CCNC1. The van der Waals surface area contributed by atoms with Crippen molar-refractivity contribution in [2.24, 2.45) is 0 Å². The normalized spacial score (nSPS) is 18.7. The van der Waals surface area contributed by atoms with Gasteiger partial charge in [0.2, 0.25) is 5.91 Å². The summed E-state index contributed by atoms with van der Waals surface area (Å²) in [5, 5.41) is 3.30. The summed E-state index contributed by atoms with van der Waals surface area (Å²) in [5.41, 5.74) is 0.876. The first kappa shape index (κ1) is 12.9. The summed E-state index contributed by atoms with van der Waals surface area (Å²) in [6.45, 7) is 3.71. The summed E-state index contributed by atoms with van der Waals surface area (Å²) in [4.78, 5) is 14.1. The maximum absolute atomic E-state index is 12.2. The Labute approximate surface area is 108 Å². The molecule has 2 rings (SSSR count). The molecule has 0 bridgehead atoms. The number of hydrogen-bond acceptors (Lipinski definition) is 3. The number of carbonyl (C=O) groups is 1. The van der Waals surface area contributed by atoms with E-state index in [4.69, 9.17) is 4.74 Å². The van der Waals surface area contributed by atoms with Crippen LogP contribution >= 0.6 is 0 Å². The second-order valence-electron chi connectivity index (χ2n) is 4.44. The molecule has 1 amide bonds. The van der Waals surface area contributed by atoms with Crippen LogP contribution in [0.15, 0.2) is 24.3 Å². The Balaban J connectivity index is 2.35. The topological polar surface area (TPSA) is 41.6 Å². The van der Waals surface area contributed by atoms with Gasteiger partial charge in [0, 0.05) is 13.0 Å². The van der Waals surface area contributed by atoms with Gasteiger partial charge in [-0.2, -0.15) is 0 Å². The number of nitrogens with zero attached hydrogens (tertiary/aromatic N) is 1. The smallest absolute Gasteiger partial charge is 0.227 e. The van der Waals surface area contributed by atoms with E-state index in [1.165, 1.54) is 0 Å². The highest BCUT2D eigenvalue weighted by atomic mass is 16.5. The molecule has 1 fully saturated rings. The summed E-state index contributed by atoms with van der Waals surface area (Å²) >= 11 is 0. The molecule has 0 spiro atoms. The van der Waals surface area contributed by atoms with Gasteiger partial charge in [-0.15, -0.1) is 0 Å². The van der Waals surface area contributed by atoms with Crippen LogP contribution in [0.25, 0.3) is 0 Å². The molecule has 0 saturated carbocycles. The van der Waals surface area contributed by atoms with Gasteiger partial charge in [0.1, 0.15) is 5.75 Å². The molecule has 1 aliphatic rings. The number of nitrogens with one attached hydrogen (secondary N) is 1. The second kappa shape index (κ2) is 5.87. The molecule has 1 saturated heterocycles. The number of benzene rings is 1. The lowest BCUT2D eigenvalue weighted by atomic mass is 10.1. The highest BCUT2D eigenvalue weighted by molar-refractivity contribution is 5.95. The first-order valence-electron chi connectivity index (χ1n) is 6.43. The van der Waals surface area contributed by atoms with Crippen LogP contribution in [0.3, 0.4) is 0 Å². The molecule has 4 heteroatoms. The van der Waals surface area contributed by atoms with Crippen LogP contribution in [-0.4, -0.2) is 32.1 Å². The van der Waals surface area contributed by atoms with E-state index in [0.29, 0.717) is 6.42 Å². The lowest BCUT2D eigenvalue weighted by molar-refractivity contribution is -0.118. The molecule has 98 valence electrons. The Kier molecular flexibility index (Phi) is 4.20. The highest BCUT2D eigenvalue weighted by Gasteiger charge is 2.28. The molecule has 0 radical (unpaired) electrons. The summed E-state index contributed by atoms with van der Waals surface area (Å²) in [5.74, 6) is 0.902. The van der Waals surface area contributed by atoms with Crippen molar-refractivity contribution in [1.29, 1.82) is 0 Å². The molecule has 0 aromatic heterocycles. The molecule has 1 N–H and O–H groups in total. The van der Waals surface area contributed by atoms with E-state index < -0.39 is 0 Å². The van der Waals surface area contributed by atoms with Crippen molar-refractivity contribution in [1.82, 2.24) is 5.32 Å². The van der Waals surface area contributed by atoms with E-state index in [9.17, 15) is 4.79 Å². The van der Waals surface area contributed by atoms with Crippen LogP contribution in [0.4, 0.5) is 5.69 Å².